The van der Waals surface area contributed by atoms with Crippen molar-refractivity contribution in [2.45, 2.75) is 26.9 Å². The largest absolute Gasteiger partial charge is 0.504 e. The van der Waals surface area contributed by atoms with E-state index in [2.05, 4.69) is 30.1 Å². The lowest BCUT2D eigenvalue weighted by molar-refractivity contribution is -0.123. The zero-order chi connectivity index (χ0) is 18.1. The van der Waals surface area contributed by atoms with Crippen molar-refractivity contribution in [3.63, 3.8) is 0 Å². The van der Waals surface area contributed by atoms with Gasteiger partial charge in [-0.25, -0.2) is 0 Å². The van der Waals surface area contributed by atoms with Gasteiger partial charge in [0, 0.05) is 13.1 Å². The summed E-state index contributed by atoms with van der Waals surface area (Å²) in [7, 11) is 0. The molecule has 0 spiro atoms. The number of nitrogens with zero attached hydrogens (tertiary/aromatic N) is 1. The number of phenols is 1. The molecule has 0 aliphatic heterocycles. The maximum absolute atomic E-state index is 12.0. The van der Waals surface area contributed by atoms with Crippen LogP contribution in [0.5, 0.6) is 11.5 Å². The Morgan fingerprint density at radius 1 is 1.04 bits per heavy atom. The third-order valence-corrected chi connectivity index (χ3v) is 4.11. The molecule has 0 radical (unpaired) electrons. The van der Waals surface area contributed by atoms with E-state index in [1.807, 2.05) is 18.2 Å². The Labute approximate surface area is 149 Å². The van der Waals surface area contributed by atoms with Crippen molar-refractivity contribution in [1.82, 2.24) is 10.2 Å². The Bertz CT molecular complexity index is 684. The summed E-state index contributed by atoms with van der Waals surface area (Å²) in [5, 5.41) is 12.5. The number of amides is 1. The molecule has 0 aliphatic carbocycles. The van der Waals surface area contributed by atoms with Crippen LogP contribution in [0, 0.1) is 0 Å². The van der Waals surface area contributed by atoms with Gasteiger partial charge >= 0.3 is 0 Å². The van der Waals surface area contributed by atoms with Gasteiger partial charge in [-0.2, -0.15) is 0 Å². The van der Waals surface area contributed by atoms with Crippen molar-refractivity contribution in [3.05, 3.63) is 59.7 Å². The second-order valence-corrected chi connectivity index (χ2v) is 5.76. The molecule has 0 unspecified atom stereocenters. The normalized spacial score (nSPS) is 10.7. The van der Waals surface area contributed by atoms with E-state index in [1.165, 1.54) is 11.6 Å². The summed E-state index contributed by atoms with van der Waals surface area (Å²) in [5.74, 6) is 0.111. The van der Waals surface area contributed by atoms with E-state index in [0.717, 1.165) is 25.2 Å². The number of phenolic OH excluding ortho intramolecular Hbond substituents is 1. The van der Waals surface area contributed by atoms with E-state index < -0.39 is 0 Å². The lowest BCUT2D eigenvalue weighted by atomic mass is 10.1. The van der Waals surface area contributed by atoms with Crippen LogP contribution in [0.1, 0.15) is 25.0 Å². The highest BCUT2D eigenvalue weighted by molar-refractivity contribution is 5.77. The smallest absolute Gasteiger partial charge is 0.258 e. The van der Waals surface area contributed by atoms with Crippen LogP contribution in [0.3, 0.4) is 0 Å². The molecule has 0 aliphatic rings. The van der Waals surface area contributed by atoms with Gasteiger partial charge in [-0.1, -0.05) is 50.2 Å². The highest BCUT2D eigenvalue weighted by atomic mass is 16.5. The van der Waals surface area contributed by atoms with E-state index >= 15 is 0 Å². The van der Waals surface area contributed by atoms with Crippen molar-refractivity contribution < 1.29 is 14.6 Å². The molecule has 2 aromatic carbocycles. The van der Waals surface area contributed by atoms with Crippen molar-refractivity contribution in [3.8, 4) is 11.5 Å². The predicted molar refractivity (Wildman–Crippen MR) is 98.5 cm³/mol. The Kier molecular flexibility index (Phi) is 7.29. The summed E-state index contributed by atoms with van der Waals surface area (Å²) in [5.41, 5.74) is 2.32. The highest BCUT2D eigenvalue weighted by Gasteiger charge is 2.09. The van der Waals surface area contributed by atoms with Gasteiger partial charge in [0.25, 0.3) is 5.91 Å². The van der Waals surface area contributed by atoms with Crippen molar-refractivity contribution in [1.29, 1.82) is 0 Å². The Morgan fingerprint density at radius 3 is 2.36 bits per heavy atom. The Morgan fingerprint density at radius 2 is 1.68 bits per heavy atom. The van der Waals surface area contributed by atoms with Gasteiger partial charge in [-0.15, -0.1) is 0 Å². The molecule has 0 saturated carbocycles. The van der Waals surface area contributed by atoms with E-state index in [4.69, 9.17) is 4.74 Å². The molecule has 0 saturated heterocycles. The average Bonchev–Trinajstić information content (AvgIpc) is 2.64. The molecule has 5 nitrogen and oxygen atoms in total. The first-order valence-electron chi connectivity index (χ1n) is 8.60. The summed E-state index contributed by atoms with van der Waals surface area (Å²) in [4.78, 5) is 14.4. The minimum Gasteiger partial charge on any atom is -0.504 e. The first-order valence-corrected chi connectivity index (χ1v) is 8.60. The minimum atomic E-state index is -0.221. The summed E-state index contributed by atoms with van der Waals surface area (Å²) in [6, 6.07) is 14.7. The maximum Gasteiger partial charge on any atom is 0.258 e. The van der Waals surface area contributed by atoms with Crippen LogP contribution in [-0.2, 0) is 17.9 Å². The second-order valence-electron chi connectivity index (χ2n) is 5.76. The molecule has 0 fully saturated rings. The molecule has 2 N–H and O–H groups in total. The molecule has 0 heterocycles. The summed E-state index contributed by atoms with van der Waals surface area (Å²) >= 11 is 0. The van der Waals surface area contributed by atoms with Crippen molar-refractivity contribution >= 4 is 5.91 Å². The molecule has 1 amide bonds. The lowest BCUT2D eigenvalue weighted by Gasteiger charge is -2.20. The third kappa shape index (κ3) is 5.80. The van der Waals surface area contributed by atoms with E-state index in [-0.39, 0.29) is 18.3 Å². The van der Waals surface area contributed by atoms with Gasteiger partial charge < -0.3 is 15.2 Å². The van der Waals surface area contributed by atoms with Crippen molar-refractivity contribution in [2.24, 2.45) is 0 Å². The molecule has 0 aromatic heterocycles. The van der Waals surface area contributed by atoms with E-state index in [9.17, 15) is 9.90 Å². The van der Waals surface area contributed by atoms with Crippen LogP contribution in [0.25, 0.3) is 0 Å². The summed E-state index contributed by atoms with van der Waals surface area (Å²) in [6.45, 7) is 7.47. The van der Waals surface area contributed by atoms with Gasteiger partial charge in [-0.3, -0.25) is 9.69 Å². The maximum atomic E-state index is 12.0. The number of para-hydroxylation sites is 2. The number of carbonyl (C=O) groups is 1. The molecule has 0 bridgehead atoms. The number of hydrogen-bond donors (Lipinski definition) is 2. The first kappa shape index (κ1) is 18.8. The average molecular weight is 342 g/mol. The van der Waals surface area contributed by atoms with E-state index in [1.54, 1.807) is 18.2 Å². The van der Waals surface area contributed by atoms with Crippen LogP contribution >= 0.6 is 0 Å². The Hall–Kier alpha value is -2.53. The monoisotopic (exact) mass is 342 g/mol. The van der Waals surface area contributed by atoms with Gasteiger partial charge in [0.1, 0.15) is 0 Å². The van der Waals surface area contributed by atoms with Crippen LogP contribution in [0.2, 0.25) is 0 Å². The van der Waals surface area contributed by atoms with Crippen LogP contribution in [-0.4, -0.2) is 35.6 Å². The standard InChI is InChI=1S/C20H26N2O3/c1-3-22(4-2)14-17-10-6-5-9-16(17)13-21-20(24)15-25-19-12-8-7-11-18(19)23/h5-12,23H,3-4,13-15H2,1-2H3,(H,21,24). The fourth-order valence-electron chi connectivity index (χ4n) is 2.54. The topological polar surface area (TPSA) is 61.8 Å². The van der Waals surface area contributed by atoms with Gasteiger partial charge in [0.05, 0.1) is 0 Å². The number of benzene rings is 2. The Balaban J connectivity index is 1.88. The van der Waals surface area contributed by atoms with Crippen LogP contribution in [0.4, 0.5) is 0 Å². The number of carbonyl (C=O) groups excluding carboxylic acids is 1. The number of ether oxygens (including phenoxy) is 1. The zero-order valence-corrected chi connectivity index (χ0v) is 14.9. The fraction of sp³-hybridized carbons (Fsp3) is 0.350. The molecule has 2 aromatic rings. The third-order valence-electron chi connectivity index (χ3n) is 4.11. The predicted octanol–water partition coefficient (Wildman–Crippen LogP) is 2.93. The SMILES string of the molecule is CCN(CC)Cc1ccccc1CNC(=O)COc1ccccc1O. The number of aromatic hydroxyl groups is 1. The fourth-order valence-corrected chi connectivity index (χ4v) is 2.54. The summed E-state index contributed by atoms with van der Waals surface area (Å²) in [6.07, 6.45) is 0. The molecule has 25 heavy (non-hydrogen) atoms. The quantitative estimate of drug-likeness (QED) is 0.735. The first-order chi connectivity index (χ1) is 12.1. The number of nitrogens with one attached hydrogen (secondary N) is 1. The minimum absolute atomic E-state index is 0.0277. The van der Waals surface area contributed by atoms with Crippen LogP contribution in [0.15, 0.2) is 48.5 Å². The molecular weight excluding hydrogens is 316 g/mol. The molecule has 2 rings (SSSR count). The van der Waals surface area contributed by atoms with Gasteiger partial charge in [-0.05, 0) is 36.3 Å². The number of hydrogen-bond acceptors (Lipinski definition) is 4. The van der Waals surface area contributed by atoms with Gasteiger partial charge in [0.2, 0.25) is 0 Å². The van der Waals surface area contributed by atoms with Gasteiger partial charge in [0.15, 0.2) is 18.1 Å². The van der Waals surface area contributed by atoms with Crippen LogP contribution < -0.4 is 10.1 Å². The molecular formula is C20H26N2O3. The molecule has 134 valence electrons. The molecule has 5 heteroatoms. The number of rotatable bonds is 9. The highest BCUT2D eigenvalue weighted by Crippen LogP contribution is 2.24. The molecule has 0 atom stereocenters. The van der Waals surface area contributed by atoms with Crippen molar-refractivity contribution in [2.75, 3.05) is 19.7 Å². The zero-order valence-electron chi connectivity index (χ0n) is 14.9. The van der Waals surface area contributed by atoms with E-state index in [0.29, 0.717) is 12.3 Å². The lowest BCUT2D eigenvalue weighted by Crippen LogP contribution is -2.29. The second kappa shape index (κ2) is 9.69. The summed E-state index contributed by atoms with van der Waals surface area (Å²) < 4.78 is 5.35.